The summed E-state index contributed by atoms with van der Waals surface area (Å²) in [5, 5.41) is 3.10. The van der Waals surface area contributed by atoms with Crippen molar-refractivity contribution in [3.63, 3.8) is 0 Å². The second-order valence-electron chi connectivity index (χ2n) is 5.32. The van der Waals surface area contributed by atoms with Gasteiger partial charge >= 0.3 is 0 Å². The third-order valence-electron chi connectivity index (χ3n) is 3.65. The highest BCUT2D eigenvalue weighted by Crippen LogP contribution is 2.22. The van der Waals surface area contributed by atoms with Gasteiger partial charge in [0, 0.05) is 0 Å². The maximum Gasteiger partial charge on any atom is 0.153 e. The first kappa shape index (κ1) is 14.9. The average Bonchev–Trinajstić information content (AvgIpc) is 2.28. The lowest BCUT2D eigenvalue weighted by molar-refractivity contribution is 0.362. The van der Waals surface area contributed by atoms with Gasteiger partial charge in [0.25, 0.3) is 0 Å². The molecule has 17 heavy (non-hydrogen) atoms. The van der Waals surface area contributed by atoms with Crippen LogP contribution >= 0.6 is 0 Å². The van der Waals surface area contributed by atoms with Crippen molar-refractivity contribution < 1.29 is 8.42 Å². The van der Waals surface area contributed by atoms with Crippen molar-refractivity contribution in [1.29, 1.82) is 0 Å². The summed E-state index contributed by atoms with van der Waals surface area (Å²) in [6.45, 7) is 4.66. The van der Waals surface area contributed by atoms with Gasteiger partial charge in [-0.3, -0.25) is 0 Å². The zero-order chi connectivity index (χ0) is 12.9. The van der Waals surface area contributed by atoms with Gasteiger partial charge in [0.05, 0.1) is 11.0 Å². The van der Waals surface area contributed by atoms with Gasteiger partial charge in [-0.15, -0.1) is 0 Å². The van der Waals surface area contributed by atoms with Crippen molar-refractivity contribution in [2.75, 3.05) is 39.5 Å². The highest BCUT2D eigenvalue weighted by Gasteiger charge is 2.29. The van der Waals surface area contributed by atoms with E-state index in [0.717, 1.165) is 38.9 Å². The summed E-state index contributed by atoms with van der Waals surface area (Å²) in [7, 11) is 1.04. The summed E-state index contributed by atoms with van der Waals surface area (Å²) in [5.41, 5.74) is 0. The molecule has 1 saturated heterocycles. The largest absolute Gasteiger partial charge is 0.317 e. The molecule has 0 aliphatic carbocycles. The van der Waals surface area contributed by atoms with Gasteiger partial charge in [-0.1, -0.05) is 0 Å². The molecule has 1 aliphatic heterocycles. The molecule has 0 aromatic heterocycles. The van der Waals surface area contributed by atoms with E-state index in [9.17, 15) is 8.42 Å². The van der Waals surface area contributed by atoms with Crippen molar-refractivity contribution in [3.05, 3.63) is 0 Å². The summed E-state index contributed by atoms with van der Waals surface area (Å²) in [6, 6.07) is 0. The molecule has 0 radical (unpaired) electrons. The van der Waals surface area contributed by atoms with Crippen LogP contribution < -0.4 is 5.32 Å². The van der Waals surface area contributed by atoms with Gasteiger partial charge in [-0.2, -0.15) is 0 Å². The molecule has 5 heteroatoms. The van der Waals surface area contributed by atoms with E-state index in [4.69, 9.17) is 0 Å². The molecule has 0 aromatic rings. The number of piperidine rings is 1. The van der Waals surface area contributed by atoms with Gasteiger partial charge in [-0.25, -0.2) is 8.42 Å². The molecule has 1 N–H and O–H groups in total. The molecule has 0 amide bonds. The van der Waals surface area contributed by atoms with Crippen molar-refractivity contribution in [2.45, 2.75) is 31.4 Å². The van der Waals surface area contributed by atoms with Gasteiger partial charge in [0.1, 0.15) is 0 Å². The predicted octanol–water partition coefficient (Wildman–Crippen LogP) is 0.741. The van der Waals surface area contributed by atoms with Crippen molar-refractivity contribution >= 4 is 9.84 Å². The fourth-order valence-corrected chi connectivity index (χ4v) is 4.14. The van der Waals surface area contributed by atoms with Crippen LogP contribution in [0.1, 0.15) is 26.2 Å². The van der Waals surface area contributed by atoms with Gasteiger partial charge < -0.3 is 10.2 Å². The summed E-state index contributed by atoms with van der Waals surface area (Å²) in [5.74, 6) is 0.677. The third kappa shape index (κ3) is 4.94. The Balaban J connectivity index is 2.44. The van der Waals surface area contributed by atoms with E-state index < -0.39 is 9.84 Å². The van der Waals surface area contributed by atoms with Gasteiger partial charge in [0.2, 0.25) is 0 Å². The first-order chi connectivity index (χ1) is 7.93. The second kappa shape index (κ2) is 6.71. The lowest BCUT2D eigenvalue weighted by Crippen LogP contribution is -2.37. The Bertz CT molecular complexity index is 308. The summed E-state index contributed by atoms with van der Waals surface area (Å²) < 4.78 is 24.3. The lowest BCUT2D eigenvalue weighted by Gasteiger charge is -2.28. The Morgan fingerprint density at radius 1 is 1.29 bits per heavy atom. The van der Waals surface area contributed by atoms with Crippen molar-refractivity contribution in [2.24, 2.45) is 5.92 Å². The van der Waals surface area contributed by atoms with E-state index in [2.05, 4.69) is 5.32 Å². The number of hydrogen-bond donors (Lipinski definition) is 1. The molecule has 1 unspecified atom stereocenters. The molecule has 4 nitrogen and oxygen atoms in total. The van der Waals surface area contributed by atoms with Crippen molar-refractivity contribution in [1.82, 2.24) is 10.2 Å². The summed E-state index contributed by atoms with van der Waals surface area (Å²) in [4.78, 5) is 2.03. The number of sulfone groups is 1. The Morgan fingerprint density at radius 3 is 2.41 bits per heavy atom. The SMILES string of the molecule is CC(C1CCNCC1)S(=O)(=O)CCCN(C)C. The molecule has 1 heterocycles. The highest BCUT2D eigenvalue weighted by atomic mass is 32.2. The quantitative estimate of drug-likeness (QED) is 0.767. The highest BCUT2D eigenvalue weighted by molar-refractivity contribution is 7.92. The smallest absolute Gasteiger partial charge is 0.153 e. The molecule has 1 fully saturated rings. The van der Waals surface area contributed by atoms with Crippen LogP contribution in [0.15, 0.2) is 0 Å². The van der Waals surface area contributed by atoms with E-state index in [1.807, 2.05) is 25.9 Å². The molecule has 0 bridgehead atoms. The molecular weight excluding hydrogens is 236 g/mol. The van der Waals surface area contributed by atoms with E-state index in [-0.39, 0.29) is 5.25 Å². The van der Waals surface area contributed by atoms with E-state index in [1.54, 1.807) is 0 Å². The maximum absolute atomic E-state index is 12.2. The Hall–Kier alpha value is -0.130. The Kier molecular flexibility index (Phi) is 5.89. The Morgan fingerprint density at radius 2 is 1.88 bits per heavy atom. The zero-order valence-corrected chi connectivity index (χ0v) is 12.1. The van der Waals surface area contributed by atoms with E-state index >= 15 is 0 Å². The normalized spacial score (nSPS) is 20.7. The van der Waals surface area contributed by atoms with E-state index in [1.165, 1.54) is 0 Å². The minimum absolute atomic E-state index is 0.174. The van der Waals surface area contributed by atoms with Crippen LogP contribution in [0.2, 0.25) is 0 Å². The topological polar surface area (TPSA) is 49.4 Å². The first-order valence-electron chi connectivity index (χ1n) is 6.50. The third-order valence-corrected chi connectivity index (χ3v) is 6.02. The van der Waals surface area contributed by atoms with Crippen LogP contribution in [0.5, 0.6) is 0 Å². The fourth-order valence-electron chi connectivity index (χ4n) is 2.37. The minimum atomic E-state index is -2.91. The van der Waals surface area contributed by atoms with Crippen LogP contribution in [-0.4, -0.2) is 58.1 Å². The molecule has 1 aliphatic rings. The lowest BCUT2D eigenvalue weighted by atomic mass is 9.95. The summed E-state index contributed by atoms with van der Waals surface area (Å²) >= 11 is 0. The van der Waals surface area contributed by atoms with E-state index in [0.29, 0.717) is 11.7 Å². The first-order valence-corrected chi connectivity index (χ1v) is 8.22. The van der Waals surface area contributed by atoms with Crippen LogP contribution in [0.4, 0.5) is 0 Å². The molecule has 102 valence electrons. The second-order valence-corrected chi connectivity index (χ2v) is 7.79. The van der Waals surface area contributed by atoms with Crippen LogP contribution in [0, 0.1) is 5.92 Å². The standard InChI is InChI=1S/C12H26N2O2S/c1-11(12-5-7-13-8-6-12)17(15,16)10-4-9-14(2)3/h11-13H,4-10H2,1-3H3. The number of hydrogen-bond acceptors (Lipinski definition) is 4. The Labute approximate surface area is 106 Å². The van der Waals surface area contributed by atoms with Crippen LogP contribution in [-0.2, 0) is 9.84 Å². The molecule has 0 aromatic carbocycles. The van der Waals surface area contributed by atoms with Crippen molar-refractivity contribution in [3.8, 4) is 0 Å². The molecular formula is C12H26N2O2S. The van der Waals surface area contributed by atoms with Crippen LogP contribution in [0.25, 0.3) is 0 Å². The number of nitrogens with zero attached hydrogens (tertiary/aromatic N) is 1. The molecule has 0 spiro atoms. The number of rotatable bonds is 6. The average molecular weight is 262 g/mol. The van der Waals surface area contributed by atoms with Gasteiger partial charge in [-0.05, 0) is 65.8 Å². The molecule has 1 rings (SSSR count). The monoisotopic (exact) mass is 262 g/mol. The zero-order valence-electron chi connectivity index (χ0n) is 11.3. The summed E-state index contributed by atoms with van der Waals surface area (Å²) in [6.07, 6.45) is 2.73. The predicted molar refractivity (Wildman–Crippen MR) is 72.0 cm³/mol. The number of nitrogens with one attached hydrogen (secondary N) is 1. The maximum atomic E-state index is 12.2. The molecule has 0 saturated carbocycles. The van der Waals surface area contributed by atoms with Crippen LogP contribution in [0.3, 0.4) is 0 Å². The molecule has 1 atom stereocenters. The minimum Gasteiger partial charge on any atom is -0.317 e. The van der Waals surface area contributed by atoms with Gasteiger partial charge in [0.15, 0.2) is 9.84 Å². The fraction of sp³-hybridized carbons (Fsp3) is 1.00.